The molecule has 0 aromatic carbocycles. The van der Waals surface area contributed by atoms with Gasteiger partial charge in [-0.3, -0.25) is 0 Å². The minimum atomic E-state index is -0.286. The van der Waals surface area contributed by atoms with Gasteiger partial charge in [0.1, 0.15) is 6.10 Å². The Morgan fingerprint density at radius 3 is 3.12 bits per heavy atom. The highest BCUT2D eigenvalue weighted by Gasteiger charge is 2.14. The number of esters is 1. The van der Waals surface area contributed by atoms with E-state index in [1.165, 1.54) is 6.08 Å². The monoisotopic (exact) mass is 224 g/mol. The summed E-state index contributed by atoms with van der Waals surface area (Å²) in [6.07, 6.45) is 9.76. The minimum absolute atomic E-state index is 0.0694. The third-order valence-corrected chi connectivity index (χ3v) is 2.52. The molecule has 0 radical (unpaired) electrons. The Balaban J connectivity index is 1.62. The van der Waals surface area contributed by atoms with Gasteiger partial charge in [0.05, 0.1) is 6.61 Å². The Labute approximate surface area is 94.9 Å². The van der Waals surface area contributed by atoms with Crippen molar-refractivity contribution >= 4 is 5.97 Å². The average molecular weight is 224 g/mol. The third-order valence-electron chi connectivity index (χ3n) is 2.52. The van der Waals surface area contributed by atoms with Crippen molar-refractivity contribution in [3.05, 3.63) is 24.3 Å². The number of hydrogen-bond donors (Lipinski definition) is 0. The van der Waals surface area contributed by atoms with Gasteiger partial charge < -0.3 is 14.2 Å². The second-order valence-corrected chi connectivity index (χ2v) is 3.82. The summed E-state index contributed by atoms with van der Waals surface area (Å²) in [5.41, 5.74) is 0. The summed E-state index contributed by atoms with van der Waals surface area (Å²) in [6.45, 7) is 1.28. The van der Waals surface area contributed by atoms with Crippen LogP contribution in [0.3, 0.4) is 0 Å². The zero-order valence-corrected chi connectivity index (χ0v) is 9.13. The van der Waals surface area contributed by atoms with Crippen LogP contribution in [-0.2, 0) is 19.0 Å². The molecule has 0 aliphatic carbocycles. The summed E-state index contributed by atoms with van der Waals surface area (Å²) < 4.78 is 15.8. The first kappa shape index (κ1) is 11.4. The summed E-state index contributed by atoms with van der Waals surface area (Å²) >= 11 is 0. The lowest BCUT2D eigenvalue weighted by molar-refractivity contribution is -0.155. The number of hydrogen-bond acceptors (Lipinski definition) is 4. The molecule has 2 atom stereocenters. The van der Waals surface area contributed by atoms with E-state index in [2.05, 4.69) is 0 Å². The van der Waals surface area contributed by atoms with Gasteiger partial charge in [0.2, 0.25) is 0 Å². The van der Waals surface area contributed by atoms with Crippen LogP contribution in [0.5, 0.6) is 0 Å². The Morgan fingerprint density at radius 1 is 1.50 bits per heavy atom. The van der Waals surface area contributed by atoms with Crippen LogP contribution in [-0.4, -0.2) is 31.6 Å². The number of carbonyl (C=O) groups excluding carboxylic acids is 1. The zero-order chi connectivity index (χ0) is 11.2. The van der Waals surface area contributed by atoms with Crippen molar-refractivity contribution in [3.63, 3.8) is 0 Å². The van der Waals surface area contributed by atoms with E-state index in [0.717, 1.165) is 25.9 Å². The van der Waals surface area contributed by atoms with Crippen LogP contribution in [0.2, 0.25) is 0 Å². The maximum Gasteiger partial charge on any atom is 0.331 e. The summed E-state index contributed by atoms with van der Waals surface area (Å²) in [5, 5.41) is 0. The molecule has 0 amide bonds. The topological polar surface area (TPSA) is 44.8 Å². The molecule has 2 aliphatic heterocycles. The van der Waals surface area contributed by atoms with Crippen molar-refractivity contribution < 1.29 is 19.0 Å². The number of carbonyl (C=O) groups is 1. The molecular formula is C12H16O4. The maximum atomic E-state index is 10.7. The van der Waals surface area contributed by atoms with Gasteiger partial charge in [-0.25, -0.2) is 4.79 Å². The predicted molar refractivity (Wildman–Crippen MR) is 57.7 cm³/mol. The van der Waals surface area contributed by atoms with E-state index >= 15 is 0 Å². The van der Waals surface area contributed by atoms with Crippen molar-refractivity contribution in [2.45, 2.75) is 31.7 Å². The normalized spacial score (nSPS) is 29.9. The lowest BCUT2D eigenvalue weighted by Crippen LogP contribution is -2.22. The molecule has 1 saturated heterocycles. The molecule has 16 heavy (non-hydrogen) atoms. The molecule has 2 rings (SSSR count). The van der Waals surface area contributed by atoms with Crippen LogP contribution < -0.4 is 0 Å². The fourth-order valence-corrected chi connectivity index (χ4v) is 1.68. The fourth-order valence-electron chi connectivity index (χ4n) is 1.68. The molecular weight excluding hydrogens is 208 g/mol. The molecule has 88 valence electrons. The number of rotatable bonds is 4. The molecule has 4 heteroatoms. The second-order valence-electron chi connectivity index (χ2n) is 3.82. The molecule has 0 bridgehead atoms. The second kappa shape index (κ2) is 5.82. The van der Waals surface area contributed by atoms with Gasteiger partial charge in [-0.1, -0.05) is 6.08 Å². The molecule has 0 spiro atoms. The van der Waals surface area contributed by atoms with Gasteiger partial charge in [0.15, 0.2) is 6.29 Å². The van der Waals surface area contributed by atoms with Gasteiger partial charge in [0.25, 0.3) is 0 Å². The third kappa shape index (κ3) is 3.47. The Hall–Kier alpha value is -1.13. The highest BCUT2D eigenvalue weighted by atomic mass is 16.7. The quantitative estimate of drug-likeness (QED) is 0.537. The van der Waals surface area contributed by atoms with Crippen LogP contribution >= 0.6 is 0 Å². The van der Waals surface area contributed by atoms with Crippen LogP contribution in [0.4, 0.5) is 0 Å². The van der Waals surface area contributed by atoms with Crippen molar-refractivity contribution in [2.75, 3.05) is 13.2 Å². The van der Waals surface area contributed by atoms with Crippen LogP contribution in [0.15, 0.2) is 24.3 Å². The molecule has 2 heterocycles. The number of ether oxygens (including phenoxy) is 3. The van der Waals surface area contributed by atoms with Gasteiger partial charge in [-0.15, -0.1) is 0 Å². The molecule has 2 aliphatic rings. The van der Waals surface area contributed by atoms with E-state index in [9.17, 15) is 4.79 Å². The summed E-state index contributed by atoms with van der Waals surface area (Å²) in [4.78, 5) is 10.7. The lowest BCUT2D eigenvalue weighted by Gasteiger charge is -2.21. The van der Waals surface area contributed by atoms with Gasteiger partial charge in [-0.05, 0) is 31.4 Å². The molecule has 0 aromatic rings. The smallest absolute Gasteiger partial charge is 0.331 e. The molecule has 0 saturated carbocycles. The highest BCUT2D eigenvalue weighted by Crippen LogP contribution is 2.13. The number of cyclic esters (lactones) is 1. The predicted octanol–water partition coefficient (Wildman–Crippen LogP) is 1.57. The van der Waals surface area contributed by atoms with Crippen LogP contribution in [0, 0.1) is 0 Å². The first-order valence-electron chi connectivity index (χ1n) is 5.63. The van der Waals surface area contributed by atoms with Crippen molar-refractivity contribution in [1.82, 2.24) is 0 Å². The van der Waals surface area contributed by atoms with Crippen LogP contribution in [0.25, 0.3) is 0 Å². The average Bonchev–Trinajstić information content (AvgIpc) is 2.72. The molecule has 0 N–H and O–H groups in total. The fraction of sp³-hybridized carbons (Fsp3) is 0.583. The first-order chi connectivity index (χ1) is 7.84. The zero-order valence-electron chi connectivity index (χ0n) is 9.13. The molecule has 2 unspecified atom stereocenters. The van der Waals surface area contributed by atoms with E-state index in [4.69, 9.17) is 14.2 Å². The van der Waals surface area contributed by atoms with Gasteiger partial charge in [0, 0.05) is 12.7 Å². The van der Waals surface area contributed by atoms with Crippen molar-refractivity contribution in [3.8, 4) is 0 Å². The minimum Gasteiger partial charge on any atom is -0.451 e. The highest BCUT2D eigenvalue weighted by molar-refractivity contribution is 5.84. The molecule has 1 fully saturated rings. The maximum absolute atomic E-state index is 10.7. The standard InChI is InChI=1S/C12H16O4/c13-11-7-6-10(16-11)4-3-9-15-12-5-1-2-8-14-12/h3-4,6-7,10,12H,1-2,5,8-9H2/b4-3+. The van der Waals surface area contributed by atoms with Crippen molar-refractivity contribution in [1.29, 1.82) is 0 Å². The Bertz CT molecular complexity index is 289. The lowest BCUT2D eigenvalue weighted by atomic mass is 10.2. The van der Waals surface area contributed by atoms with E-state index in [-0.39, 0.29) is 18.4 Å². The van der Waals surface area contributed by atoms with E-state index < -0.39 is 0 Å². The summed E-state index contributed by atoms with van der Waals surface area (Å²) in [6, 6.07) is 0. The summed E-state index contributed by atoms with van der Waals surface area (Å²) in [7, 11) is 0. The van der Waals surface area contributed by atoms with E-state index in [1.54, 1.807) is 6.08 Å². The summed E-state index contributed by atoms with van der Waals surface area (Å²) in [5.74, 6) is -0.286. The molecule has 0 aromatic heterocycles. The van der Waals surface area contributed by atoms with Gasteiger partial charge >= 0.3 is 5.97 Å². The van der Waals surface area contributed by atoms with Crippen molar-refractivity contribution in [2.24, 2.45) is 0 Å². The molecule has 4 nitrogen and oxygen atoms in total. The Morgan fingerprint density at radius 2 is 2.44 bits per heavy atom. The Kier molecular flexibility index (Phi) is 4.13. The largest absolute Gasteiger partial charge is 0.451 e. The SMILES string of the molecule is O=C1C=CC(/C=C/COC2CCCCO2)O1. The first-order valence-corrected chi connectivity index (χ1v) is 5.63. The van der Waals surface area contributed by atoms with Gasteiger partial charge in [-0.2, -0.15) is 0 Å². The van der Waals surface area contributed by atoms with E-state index in [0.29, 0.717) is 6.61 Å². The van der Waals surface area contributed by atoms with Crippen LogP contribution in [0.1, 0.15) is 19.3 Å². The van der Waals surface area contributed by atoms with E-state index in [1.807, 2.05) is 12.2 Å².